The van der Waals surface area contributed by atoms with Gasteiger partial charge in [0.2, 0.25) is 0 Å². The van der Waals surface area contributed by atoms with E-state index in [4.69, 9.17) is 5.11 Å². The van der Waals surface area contributed by atoms with E-state index in [2.05, 4.69) is 19.2 Å². The maximum absolute atomic E-state index is 11.8. The minimum absolute atomic E-state index is 0.00105. The Morgan fingerprint density at radius 3 is 2.41 bits per heavy atom. The van der Waals surface area contributed by atoms with Gasteiger partial charge in [-0.25, -0.2) is 4.79 Å². The van der Waals surface area contributed by atoms with Gasteiger partial charge in [0.25, 0.3) is 0 Å². The predicted molar refractivity (Wildman–Crippen MR) is 68.8 cm³/mol. The molecular weight excluding hydrogens is 216 g/mol. The average molecular weight is 242 g/mol. The van der Waals surface area contributed by atoms with Gasteiger partial charge in [-0.05, 0) is 37.5 Å². The maximum Gasteiger partial charge on any atom is 0.317 e. The summed E-state index contributed by atoms with van der Waals surface area (Å²) in [5, 5.41) is 12.0. The molecule has 4 nitrogen and oxygen atoms in total. The molecule has 1 aliphatic carbocycles. The summed E-state index contributed by atoms with van der Waals surface area (Å²) in [6.45, 7) is 7.05. The topological polar surface area (TPSA) is 52.6 Å². The van der Waals surface area contributed by atoms with Crippen molar-refractivity contribution in [2.45, 2.75) is 46.1 Å². The summed E-state index contributed by atoms with van der Waals surface area (Å²) in [6.07, 6.45) is 3.64. The number of carbonyl (C=O) groups excluding carboxylic acids is 1. The summed E-state index contributed by atoms with van der Waals surface area (Å²) < 4.78 is 0. The van der Waals surface area contributed by atoms with Crippen molar-refractivity contribution in [2.75, 3.05) is 20.2 Å². The van der Waals surface area contributed by atoms with E-state index >= 15 is 0 Å². The van der Waals surface area contributed by atoms with Gasteiger partial charge in [0.05, 0.1) is 12.6 Å². The van der Waals surface area contributed by atoms with E-state index in [1.54, 1.807) is 11.9 Å². The minimum Gasteiger partial charge on any atom is -0.394 e. The molecule has 0 aromatic rings. The van der Waals surface area contributed by atoms with Gasteiger partial charge in [0.1, 0.15) is 0 Å². The normalized spacial score (nSPS) is 18.9. The lowest BCUT2D eigenvalue weighted by Gasteiger charge is -2.25. The summed E-state index contributed by atoms with van der Waals surface area (Å²) >= 11 is 0. The highest BCUT2D eigenvalue weighted by atomic mass is 16.3. The molecule has 0 aromatic heterocycles. The molecule has 1 atom stereocenters. The Labute approximate surface area is 104 Å². The Morgan fingerprint density at radius 1 is 1.41 bits per heavy atom. The number of urea groups is 1. The van der Waals surface area contributed by atoms with E-state index in [0.29, 0.717) is 11.3 Å². The highest BCUT2D eigenvalue weighted by Crippen LogP contribution is 2.49. The number of likely N-dealkylation sites (N-methyl/N-ethyl adjacent to an activating group) is 1. The molecule has 17 heavy (non-hydrogen) atoms. The Bertz CT molecular complexity index is 262. The third-order valence-corrected chi connectivity index (χ3v) is 3.66. The average Bonchev–Trinajstić information content (AvgIpc) is 3.03. The number of carbonyl (C=O) groups is 1. The fraction of sp³-hybridized carbons (Fsp3) is 0.923. The summed E-state index contributed by atoms with van der Waals surface area (Å²) in [7, 11) is 1.72. The molecule has 1 saturated carbocycles. The zero-order valence-corrected chi connectivity index (χ0v) is 11.5. The smallest absolute Gasteiger partial charge is 0.317 e. The van der Waals surface area contributed by atoms with Gasteiger partial charge in [-0.1, -0.05) is 13.8 Å². The number of nitrogens with one attached hydrogen (secondary N) is 1. The second-order valence-corrected chi connectivity index (χ2v) is 5.90. The van der Waals surface area contributed by atoms with Gasteiger partial charge in [-0.3, -0.25) is 0 Å². The van der Waals surface area contributed by atoms with Crippen LogP contribution < -0.4 is 5.32 Å². The van der Waals surface area contributed by atoms with E-state index in [1.165, 1.54) is 19.3 Å². The maximum atomic E-state index is 11.8. The first-order valence-electron chi connectivity index (χ1n) is 6.52. The lowest BCUT2D eigenvalue weighted by Crippen LogP contribution is -2.45. The zero-order chi connectivity index (χ0) is 13.1. The van der Waals surface area contributed by atoms with Gasteiger partial charge >= 0.3 is 6.03 Å². The third kappa shape index (κ3) is 4.19. The van der Waals surface area contributed by atoms with Crippen LogP contribution in [0.25, 0.3) is 0 Å². The first-order valence-corrected chi connectivity index (χ1v) is 6.52. The lowest BCUT2D eigenvalue weighted by molar-refractivity contribution is 0.155. The zero-order valence-electron chi connectivity index (χ0n) is 11.5. The predicted octanol–water partition coefficient (Wildman–Crippen LogP) is 1.83. The Balaban J connectivity index is 2.33. The first-order chi connectivity index (χ1) is 7.90. The van der Waals surface area contributed by atoms with Crippen LogP contribution in [-0.4, -0.2) is 42.3 Å². The van der Waals surface area contributed by atoms with Crippen LogP contribution in [0.4, 0.5) is 4.79 Å². The molecule has 0 aliphatic heterocycles. The van der Waals surface area contributed by atoms with Crippen molar-refractivity contribution in [3.05, 3.63) is 0 Å². The van der Waals surface area contributed by atoms with Crippen molar-refractivity contribution in [3.8, 4) is 0 Å². The fourth-order valence-corrected chi connectivity index (χ4v) is 2.21. The molecule has 1 unspecified atom stereocenters. The number of aliphatic hydroxyl groups excluding tert-OH is 1. The van der Waals surface area contributed by atoms with E-state index in [9.17, 15) is 4.79 Å². The molecule has 4 heteroatoms. The summed E-state index contributed by atoms with van der Waals surface area (Å²) in [6, 6.07) is -0.211. The van der Waals surface area contributed by atoms with Crippen LogP contribution in [0.5, 0.6) is 0 Å². The number of aliphatic hydroxyl groups is 1. The van der Waals surface area contributed by atoms with Crippen LogP contribution in [0.1, 0.15) is 40.0 Å². The number of nitrogens with zero attached hydrogens (tertiary/aromatic N) is 1. The summed E-state index contributed by atoms with van der Waals surface area (Å²) in [5.74, 6) is 0.684. The van der Waals surface area contributed by atoms with Gasteiger partial charge in [0.15, 0.2) is 0 Å². The number of hydrogen-bond donors (Lipinski definition) is 2. The third-order valence-electron chi connectivity index (χ3n) is 3.66. The molecule has 1 aliphatic rings. The van der Waals surface area contributed by atoms with Gasteiger partial charge < -0.3 is 15.3 Å². The Kier molecular flexibility index (Phi) is 4.80. The van der Waals surface area contributed by atoms with Crippen LogP contribution >= 0.6 is 0 Å². The lowest BCUT2D eigenvalue weighted by atomic mass is 9.94. The van der Waals surface area contributed by atoms with E-state index in [0.717, 1.165) is 6.54 Å². The first kappa shape index (κ1) is 14.3. The molecule has 0 radical (unpaired) electrons. The summed E-state index contributed by atoms with van der Waals surface area (Å²) in [4.78, 5) is 13.4. The second-order valence-electron chi connectivity index (χ2n) is 5.90. The molecule has 1 fully saturated rings. The van der Waals surface area contributed by atoms with Crippen LogP contribution in [0, 0.1) is 11.3 Å². The molecular formula is C13H26N2O2. The highest BCUT2D eigenvalue weighted by Gasteiger charge is 2.42. The van der Waals surface area contributed by atoms with Crippen molar-refractivity contribution in [3.63, 3.8) is 0 Å². The number of hydrogen-bond acceptors (Lipinski definition) is 2. The Morgan fingerprint density at radius 2 is 2.00 bits per heavy atom. The van der Waals surface area contributed by atoms with Crippen LogP contribution in [0.2, 0.25) is 0 Å². The van der Waals surface area contributed by atoms with E-state index in [1.807, 2.05) is 6.92 Å². The molecule has 100 valence electrons. The number of rotatable bonds is 6. The molecule has 0 heterocycles. The molecule has 0 saturated heterocycles. The second kappa shape index (κ2) is 5.71. The van der Waals surface area contributed by atoms with Crippen molar-refractivity contribution >= 4 is 6.03 Å². The van der Waals surface area contributed by atoms with Gasteiger partial charge in [0, 0.05) is 13.6 Å². The van der Waals surface area contributed by atoms with Crippen molar-refractivity contribution < 1.29 is 9.90 Å². The fourth-order valence-electron chi connectivity index (χ4n) is 2.21. The van der Waals surface area contributed by atoms with Crippen LogP contribution in [0.3, 0.4) is 0 Å². The van der Waals surface area contributed by atoms with Gasteiger partial charge in [-0.2, -0.15) is 0 Å². The van der Waals surface area contributed by atoms with Crippen LogP contribution in [-0.2, 0) is 0 Å². The molecule has 2 N–H and O–H groups in total. The highest BCUT2D eigenvalue weighted by molar-refractivity contribution is 5.74. The standard InChI is InChI=1S/C13H26N2O2/c1-10(2)7-13(5-6-13)9-14-12(17)15(4)11(3)8-16/h10-11,16H,5-9H2,1-4H3,(H,14,17). The van der Waals surface area contributed by atoms with Crippen LogP contribution in [0.15, 0.2) is 0 Å². The SMILES string of the molecule is CC(C)CC1(CNC(=O)N(C)C(C)CO)CC1. The van der Waals surface area contributed by atoms with Gasteiger partial charge in [-0.15, -0.1) is 0 Å². The van der Waals surface area contributed by atoms with Crippen molar-refractivity contribution in [1.29, 1.82) is 0 Å². The largest absolute Gasteiger partial charge is 0.394 e. The molecule has 0 aromatic carbocycles. The monoisotopic (exact) mass is 242 g/mol. The summed E-state index contributed by atoms with van der Waals surface area (Å²) in [5.41, 5.74) is 0.354. The molecule has 0 bridgehead atoms. The van der Waals surface area contributed by atoms with Crippen molar-refractivity contribution in [1.82, 2.24) is 10.2 Å². The molecule has 2 amide bonds. The number of amides is 2. The van der Waals surface area contributed by atoms with E-state index < -0.39 is 0 Å². The van der Waals surface area contributed by atoms with Crippen molar-refractivity contribution in [2.24, 2.45) is 11.3 Å². The Hall–Kier alpha value is -0.770. The molecule has 1 rings (SSSR count). The quantitative estimate of drug-likeness (QED) is 0.746. The molecule has 0 spiro atoms. The minimum atomic E-state index is -0.129. The van der Waals surface area contributed by atoms with E-state index in [-0.39, 0.29) is 18.7 Å².